The molecular weight excluding hydrogens is 298 g/mol. The second-order valence-electron chi connectivity index (χ2n) is 5.00. The molecule has 0 aliphatic heterocycles. The molecule has 128 valence electrons. The predicted octanol–water partition coefficient (Wildman–Crippen LogP) is 0.548. The average molecular weight is 323 g/mol. The van der Waals surface area contributed by atoms with Crippen LogP contribution in [-0.2, 0) is 4.79 Å². The third kappa shape index (κ3) is 6.15. The first-order valence-electron chi connectivity index (χ1n) is 7.54. The van der Waals surface area contributed by atoms with Crippen molar-refractivity contribution in [3.05, 3.63) is 23.8 Å². The zero-order valence-electron chi connectivity index (χ0n) is 14.1. The molecule has 7 heteroatoms. The molecule has 0 radical (unpaired) electrons. The van der Waals surface area contributed by atoms with Gasteiger partial charge in [0.25, 0.3) is 11.8 Å². The molecule has 0 unspecified atom stereocenters. The second-order valence-corrected chi connectivity index (χ2v) is 5.00. The van der Waals surface area contributed by atoms with E-state index in [1.165, 1.54) is 14.2 Å². The van der Waals surface area contributed by atoms with Crippen LogP contribution in [0.15, 0.2) is 18.2 Å². The smallest absolute Gasteiger partial charge is 0.257 e. The summed E-state index contributed by atoms with van der Waals surface area (Å²) in [6.07, 6.45) is 0. The molecule has 23 heavy (non-hydrogen) atoms. The fourth-order valence-electron chi connectivity index (χ4n) is 1.91. The van der Waals surface area contributed by atoms with Crippen molar-refractivity contribution in [1.29, 1.82) is 0 Å². The van der Waals surface area contributed by atoms with Crippen molar-refractivity contribution < 1.29 is 19.1 Å². The van der Waals surface area contributed by atoms with Gasteiger partial charge in [-0.3, -0.25) is 9.59 Å². The van der Waals surface area contributed by atoms with Gasteiger partial charge in [0.05, 0.1) is 7.11 Å². The van der Waals surface area contributed by atoms with E-state index in [1.54, 1.807) is 18.2 Å². The molecule has 0 fully saturated rings. The molecule has 0 aliphatic rings. The number of ether oxygens (including phenoxy) is 2. The minimum Gasteiger partial charge on any atom is -0.493 e. The van der Waals surface area contributed by atoms with Gasteiger partial charge in [-0.2, -0.15) is 0 Å². The molecule has 0 heterocycles. The first-order valence-corrected chi connectivity index (χ1v) is 7.54. The van der Waals surface area contributed by atoms with Crippen LogP contribution in [0.2, 0.25) is 0 Å². The van der Waals surface area contributed by atoms with Crippen molar-refractivity contribution in [2.45, 2.75) is 19.9 Å². The summed E-state index contributed by atoms with van der Waals surface area (Å²) in [6, 6.07) is 5.03. The lowest BCUT2D eigenvalue weighted by atomic mass is 10.2. The molecule has 0 spiro atoms. The van der Waals surface area contributed by atoms with Crippen molar-refractivity contribution in [3.63, 3.8) is 0 Å². The van der Waals surface area contributed by atoms with Gasteiger partial charge in [-0.05, 0) is 31.7 Å². The molecule has 3 N–H and O–H groups in total. The van der Waals surface area contributed by atoms with Gasteiger partial charge in [-0.25, -0.2) is 0 Å². The lowest BCUT2D eigenvalue weighted by Gasteiger charge is -2.14. The molecule has 0 saturated heterocycles. The van der Waals surface area contributed by atoms with Crippen molar-refractivity contribution in [1.82, 2.24) is 16.0 Å². The van der Waals surface area contributed by atoms with Gasteiger partial charge < -0.3 is 25.4 Å². The van der Waals surface area contributed by atoms with Crippen LogP contribution in [0.1, 0.15) is 24.2 Å². The molecule has 0 aromatic heterocycles. The van der Waals surface area contributed by atoms with E-state index in [-0.39, 0.29) is 24.5 Å². The molecular formula is C16H25N3O4. The largest absolute Gasteiger partial charge is 0.493 e. The van der Waals surface area contributed by atoms with Crippen LogP contribution >= 0.6 is 0 Å². The topological polar surface area (TPSA) is 88.7 Å². The van der Waals surface area contributed by atoms with E-state index in [1.807, 2.05) is 13.8 Å². The zero-order chi connectivity index (χ0) is 17.2. The number of rotatable bonds is 9. The fourth-order valence-corrected chi connectivity index (χ4v) is 1.91. The average Bonchev–Trinajstić information content (AvgIpc) is 2.57. The Bertz CT molecular complexity index is 534. The number of amides is 2. The van der Waals surface area contributed by atoms with E-state index in [4.69, 9.17) is 9.47 Å². The van der Waals surface area contributed by atoms with Gasteiger partial charge in [0.15, 0.2) is 18.1 Å². The number of benzene rings is 1. The number of methoxy groups -OCH3 is 1. The van der Waals surface area contributed by atoms with Gasteiger partial charge in [0, 0.05) is 25.2 Å². The van der Waals surface area contributed by atoms with Crippen molar-refractivity contribution >= 4 is 11.8 Å². The standard InChI is InChI=1S/C16H25N3O4/c1-5-18-11(2)9-19-16(21)12-6-7-13(14(8-12)22-4)23-10-15(20)17-3/h6-8,11,18H,5,9-10H2,1-4H3,(H,17,20)(H,19,21)/t11-/m1/s1. The van der Waals surface area contributed by atoms with Crippen molar-refractivity contribution in [3.8, 4) is 11.5 Å². The highest BCUT2D eigenvalue weighted by Gasteiger charge is 2.12. The number of carbonyl (C=O) groups excluding carboxylic acids is 2. The maximum atomic E-state index is 12.1. The summed E-state index contributed by atoms with van der Waals surface area (Å²) in [7, 11) is 3.02. The molecule has 0 aliphatic carbocycles. The summed E-state index contributed by atoms with van der Waals surface area (Å²) in [5.41, 5.74) is 0.470. The van der Waals surface area contributed by atoms with Crippen molar-refractivity contribution in [2.24, 2.45) is 0 Å². The Kier molecular flexibility index (Phi) is 7.90. The molecule has 2 amide bonds. The normalized spacial score (nSPS) is 11.5. The minimum absolute atomic E-state index is 0.112. The Hall–Kier alpha value is -2.28. The zero-order valence-corrected chi connectivity index (χ0v) is 14.1. The summed E-state index contributed by atoms with van der Waals surface area (Å²) < 4.78 is 10.6. The van der Waals surface area contributed by atoms with Crippen LogP contribution in [0.4, 0.5) is 0 Å². The Morgan fingerprint density at radius 3 is 2.61 bits per heavy atom. The highest BCUT2D eigenvalue weighted by atomic mass is 16.5. The van der Waals surface area contributed by atoms with Crippen LogP contribution in [0.3, 0.4) is 0 Å². The summed E-state index contributed by atoms with van der Waals surface area (Å²) in [5.74, 6) is 0.382. The Morgan fingerprint density at radius 2 is 2.00 bits per heavy atom. The van der Waals surface area contributed by atoms with Crippen molar-refractivity contribution in [2.75, 3.05) is 33.9 Å². The SMILES string of the molecule is CCN[C@H](C)CNC(=O)c1ccc(OCC(=O)NC)c(OC)c1. The van der Waals surface area contributed by atoms with E-state index in [2.05, 4.69) is 16.0 Å². The summed E-state index contributed by atoms with van der Waals surface area (Å²) in [4.78, 5) is 23.4. The predicted molar refractivity (Wildman–Crippen MR) is 88.0 cm³/mol. The summed E-state index contributed by atoms with van der Waals surface area (Å²) in [5, 5.41) is 8.54. The molecule has 0 bridgehead atoms. The Balaban J connectivity index is 2.70. The number of nitrogens with one attached hydrogen (secondary N) is 3. The van der Waals surface area contributed by atoms with Gasteiger partial charge >= 0.3 is 0 Å². The maximum Gasteiger partial charge on any atom is 0.257 e. The fraction of sp³-hybridized carbons (Fsp3) is 0.500. The van der Waals surface area contributed by atoms with Gasteiger partial charge in [-0.15, -0.1) is 0 Å². The highest BCUT2D eigenvalue weighted by Crippen LogP contribution is 2.28. The van der Waals surface area contributed by atoms with E-state index >= 15 is 0 Å². The quantitative estimate of drug-likeness (QED) is 0.617. The Labute approximate surface area is 136 Å². The number of hydrogen-bond acceptors (Lipinski definition) is 5. The molecule has 0 saturated carbocycles. The van der Waals surface area contributed by atoms with E-state index < -0.39 is 0 Å². The summed E-state index contributed by atoms with van der Waals surface area (Å²) in [6.45, 7) is 5.28. The first kappa shape index (κ1) is 18.8. The summed E-state index contributed by atoms with van der Waals surface area (Å²) >= 11 is 0. The molecule has 7 nitrogen and oxygen atoms in total. The monoisotopic (exact) mass is 323 g/mol. The van der Waals surface area contributed by atoms with Crippen LogP contribution in [-0.4, -0.2) is 51.7 Å². The second kappa shape index (κ2) is 9.68. The van der Waals surface area contributed by atoms with E-state index in [9.17, 15) is 9.59 Å². The maximum absolute atomic E-state index is 12.1. The number of carbonyl (C=O) groups is 2. The van der Waals surface area contributed by atoms with Gasteiger partial charge in [0.2, 0.25) is 0 Å². The van der Waals surface area contributed by atoms with Gasteiger partial charge in [0.1, 0.15) is 0 Å². The molecule has 1 aromatic rings. The minimum atomic E-state index is -0.244. The lowest BCUT2D eigenvalue weighted by molar-refractivity contribution is -0.122. The Morgan fingerprint density at radius 1 is 1.26 bits per heavy atom. The van der Waals surface area contributed by atoms with E-state index in [0.29, 0.717) is 23.6 Å². The third-order valence-electron chi connectivity index (χ3n) is 3.18. The lowest BCUT2D eigenvalue weighted by Crippen LogP contribution is -2.38. The molecule has 1 rings (SSSR count). The number of hydrogen-bond donors (Lipinski definition) is 3. The highest BCUT2D eigenvalue weighted by molar-refractivity contribution is 5.94. The van der Waals surface area contributed by atoms with Crippen LogP contribution in [0.25, 0.3) is 0 Å². The molecule has 1 atom stereocenters. The van der Waals surface area contributed by atoms with E-state index in [0.717, 1.165) is 6.54 Å². The molecule has 1 aromatic carbocycles. The van der Waals surface area contributed by atoms with Crippen LogP contribution in [0.5, 0.6) is 11.5 Å². The first-order chi connectivity index (χ1) is 11.0. The third-order valence-corrected chi connectivity index (χ3v) is 3.18. The van der Waals surface area contributed by atoms with Crippen LogP contribution < -0.4 is 25.4 Å². The van der Waals surface area contributed by atoms with Crippen LogP contribution in [0, 0.1) is 0 Å². The number of likely N-dealkylation sites (N-methyl/N-ethyl adjacent to an activating group) is 2. The van der Waals surface area contributed by atoms with Gasteiger partial charge in [-0.1, -0.05) is 6.92 Å².